The lowest BCUT2D eigenvalue weighted by Crippen LogP contribution is -2.40. The highest BCUT2D eigenvalue weighted by Crippen LogP contribution is 2.21. The van der Waals surface area contributed by atoms with Gasteiger partial charge in [-0.25, -0.2) is 4.98 Å². The van der Waals surface area contributed by atoms with Gasteiger partial charge in [0.15, 0.2) is 0 Å². The zero-order valence-corrected chi connectivity index (χ0v) is 11.9. The van der Waals surface area contributed by atoms with Crippen LogP contribution in [0.25, 0.3) is 0 Å². The first-order chi connectivity index (χ1) is 9.69. The van der Waals surface area contributed by atoms with Gasteiger partial charge >= 0.3 is 0 Å². The van der Waals surface area contributed by atoms with Crippen molar-refractivity contribution in [2.75, 3.05) is 31.5 Å². The van der Waals surface area contributed by atoms with Gasteiger partial charge in [0.1, 0.15) is 5.82 Å². The fourth-order valence-corrected chi connectivity index (χ4v) is 3.16. The van der Waals surface area contributed by atoms with Crippen LogP contribution in [0.3, 0.4) is 0 Å². The van der Waals surface area contributed by atoms with E-state index in [-0.39, 0.29) is 5.91 Å². The van der Waals surface area contributed by atoms with Crippen molar-refractivity contribution in [2.45, 2.75) is 25.8 Å². The van der Waals surface area contributed by atoms with Crippen LogP contribution in [0.1, 0.15) is 18.4 Å². The van der Waals surface area contributed by atoms with E-state index in [1.807, 2.05) is 19.1 Å². The second-order valence-electron chi connectivity index (χ2n) is 6.01. The molecule has 0 aromatic carbocycles. The van der Waals surface area contributed by atoms with Gasteiger partial charge in [-0.2, -0.15) is 0 Å². The van der Waals surface area contributed by atoms with Crippen molar-refractivity contribution < 1.29 is 4.79 Å². The van der Waals surface area contributed by atoms with Crippen molar-refractivity contribution >= 4 is 11.7 Å². The molecule has 3 saturated heterocycles. The normalized spacial score (nSPS) is 26.2. The van der Waals surface area contributed by atoms with Crippen molar-refractivity contribution in [1.29, 1.82) is 0 Å². The van der Waals surface area contributed by atoms with Crippen LogP contribution in [-0.4, -0.2) is 48.0 Å². The lowest BCUT2D eigenvalue weighted by Gasteiger charge is -2.23. The van der Waals surface area contributed by atoms with E-state index >= 15 is 0 Å². The topological polar surface area (TPSA) is 57.3 Å². The van der Waals surface area contributed by atoms with Crippen LogP contribution in [0.5, 0.6) is 0 Å². The maximum atomic E-state index is 12.1. The smallest absolute Gasteiger partial charge is 0.239 e. The van der Waals surface area contributed by atoms with E-state index < -0.39 is 0 Å². The summed E-state index contributed by atoms with van der Waals surface area (Å²) in [6.07, 6.45) is 4.25. The van der Waals surface area contributed by atoms with Crippen molar-refractivity contribution in [3.8, 4) is 0 Å². The fourth-order valence-electron chi connectivity index (χ4n) is 3.16. The van der Waals surface area contributed by atoms with E-state index in [0.717, 1.165) is 25.2 Å². The molecular weight excluding hydrogens is 252 g/mol. The van der Waals surface area contributed by atoms with Gasteiger partial charge in [-0.3, -0.25) is 9.69 Å². The molecule has 4 heterocycles. The van der Waals surface area contributed by atoms with Gasteiger partial charge in [0.2, 0.25) is 5.91 Å². The Hall–Kier alpha value is -1.46. The van der Waals surface area contributed by atoms with Crippen LogP contribution in [0, 0.1) is 12.8 Å². The van der Waals surface area contributed by atoms with E-state index in [4.69, 9.17) is 0 Å². The van der Waals surface area contributed by atoms with Gasteiger partial charge in [0.25, 0.3) is 0 Å². The predicted octanol–water partition coefficient (Wildman–Crippen LogP) is 1.01. The summed E-state index contributed by atoms with van der Waals surface area (Å²) in [5.74, 6) is 1.37. The molecule has 3 aliphatic rings. The standard InChI is InChI=1S/C15H22N4O/c1-11-4-5-16-14(6-11)18-15(20)10-19-8-12-2-3-13(9-19)17-7-12/h4-6,12-13,17H,2-3,7-10H2,1H3,(H,16,18,20). The Morgan fingerprint density at radius 2 is 2.40 bits per heavy atom. The lowest BCUT2D eigenvalue weighted by molar-refractivity contribution is -0.117. The highest BCUT2D eigenvalue weighted by molar-refractivity contribution is 5.91. The quantitative estimate of drug-likeness (QED) is 0.864. The number of pyridine rings is 1. The number of hydrogen-bond acceptors (Lipinski definition) is 4. The van der Waals surface area contributed by atoms with Crippen molar-refractivity contribution in [3.05, 3.63) is 23.9 Å². The second-order valence-corrected chi connectivity index (χ2v) is 6.01. The summed E-state index contributed by atoms with van der Waals surface area (Å²) in [5, 5.41) is 6.44. The van der Waals surface area contributed by atoms with Crippen LogP contribution in [0.15, 0.2) is 18.3 Å². The SMILES string of the molecule is Cc1ccnc(NC(=O)CN2CC3CCC(C2)NC3)c1. The minimum atomic E-state index is 0.0319. The number of carbonyl (C=O) groups excluding carboxylic acids is 1. The molecule has 2 bridgehead atoms. The number of piperidine rings is 1. The third kappa shape index (κ3) is 3.35. The number of amides is 1. The molecule has 0 radical (unpaired) electrons. The molecule has 2 N–H and O–H groups in total. The van der Waals surface area contributed by atoms with Crippen LogP contribution >= 0.6 is 0 Å². The molecule has 1 amide bonds. The first kappa shape index (κ1) is 13.5. The Morgan fingerprint density at radius 1 is 1.50 bits per heavy atom. The van der Waals surface area contributed by atoms with E-state index in [9.17, 15) is 4.79 Å². The third-order valence-electron chi connectivity index (χ3n) is 4.16. The average Bonchev–Trinajstić information content (AvgIpc) is 2.70. The highest BCUT2D eigenvalue weighted by atomic mass is 16.2. The number of nitrogens with zero attached hydrogens (tertiary/aromatic N) is 2. The molecule has 4 rings (SSSR count). The predicted molar refractivity (Wildman–Crippen MR) is 78.6 cm³/mol. The summed E-state index contributed by atoms with van der Waals surface area (Å²) in [4.78, 5) is 18.6. The third-order valence-corrected chi connectivity index (χ3v) is 4.16. The Balaban J connectivity index is 1.56. The number of hydrogen-bond donors (Lipinski definition) is 2. The number of aromatic nitrogens is 1. The molecular formula is C15H22N4O. The van der Waals surface area contributed by atoms with Gasteiger partial charge < -0.3 is 10.6 Å². The van der Waals surface area contributed by atoms with Crippen molar-refractivity contribution in [2.24, 2.45) is 5.92 Å². The molecule has 5 heteroatoms. The van der Waals surface area contributed by atoms with Gasteiger partial charge in [-0.15, -0.1) is 0 Å². The summed E-state index contributed by atoms with van der Waals surface area (Å²) >= 11 is 0. The number of rotatable bonds is 3. The number of carbonyl (C=O) groups is 1. The van der Waals surface area contributed by atoms with Gasteiger partial charge in [0.05, 0.1) is 6.54 Å². The van der Waals surface area contributed by atoms with Crippen LogP contribution < -0.4 is 10.6 Å². The Kier molecular flexibility index (Phi) is 3.98. The molecule has 0 aliphatic carbocycles. The van der Waals surface area contributed by atoms with Gasteiger partial charge in [-0.05, 0) is 49.9 Å². The van der Waals surface area contributed by atoms with E-state index in [0.29, 0.717) is 24.3 Å². The van der Waals surface area contributed by atoms with Crippen LogP contribution in [0.4, 0.5) is 5.82 Å². The van der Waals surface area contributed by atoms with Crippen molar-refractivity contribution in [1.82, 2.24) is 15.2 Å². The van der Waals surface area contributed by atoms with Crippen molar-refractivity contribution in [3.63, 3.8) is 0 Å². The lowest BCUT2D eigenvalue weighted by atomic mass is 9.97. The second kappa shape index (κ2) is 5.89. The van der Waals surface area contributed by atoms with E-state index in [1.165, 1.54) is 12.8 Å². The molecule has 0 saturated carbocycles. The summed E-state index contributed by atoms with van der Waals surface area (Å²) < 4.78 is 0. The number of aryl methyl sites for hydroxylation is 1. The summed E-state index contributed by atoms with van der Waals surface area (Å²) in [6.45, 7) is 5.56. The molecule has 1 aromatic rings. The minimum absolute atomic E-state index is 0.0319. The molecule has 20 heavy (non-hydrogen) atoms. The molecule has 2 atom stereocenters. The first-order valence-corrected chi connectivity index (χ1v) is 7.37. The fraction of sp³-hybridized carbons (Fsp3) is 0.600. The van der Waals surface area contributed by atoms with E-state index in [1.54, 1.807) is 6.20 Å². The van der Waals surface area contributed by atoms with Crippen LogP contribution in [0.2, 0.25) is 0 Å². The maximum absolute atomic E-state index is 12.1. The Bertz CT molecular complexity index is 469. The molecule has 5 nitrogen and oxygen atoms in total. The summed E-state index contributed by atoms with van der Waals surface area (Å²) in [6, 6.07) is 4.37. The molecule has 108 valence electrons. The largest absolute Gasteiger partial charge is 0.312 e. The molecule has 0 spiro atoms. The number of nitrogens with one attached hydrogen (secondary N) is 2. The Labute approximate surface area is 119 Å². The average molecular weight is 274 g/mol. The van der Waals surface area contributed by atoms with Gasteiger partial charge in [-0.1, -0.05) is 0 Å². The molecule has 3 aliphatic heterocycles. The number of fused-ring (bicyclic) bond motifs is 4. The molecule has 1 aromatic heterocycles. The van der Waals surface area contributed by atoms with Gasteiger partial charge in [0, 0.05) is 25.3 Å². The summed E-state index contributed by atoms with van der Waals surface area (Å²) in [5.41, 5.74) is 1.10. The maximum Gasteiger partial charge on any atom is 0.239 e. The first-order valence-electron chi connectivity index (χ1n) is 7.37. The van der Waals surface area contributed by atoms with Crippen LogP contribution in [-0.2, 0) is 4.79 Å². The minimum Gasteiger partial charge on any atom is -0.312 e. The number of anilines is 1. The Morgan fingerprint density at radius 3 is 3.15 bits per heavy atom. The summed E-state index contributed by atoms with van der Waals surface area (Å²) in [7, 11) is 0. The highest BCUT2D eigenvalue weighted by Gasteiger charge is 2.29. The molecule has 3 fully saturated rings. The zero-order chi connectivity index (χ0) is 13.9. The molecule has 2 unspecified atom stereocenters. The monoisotopic (exact) mass is 274 g/mol. The zero-order valence-electron chi connectivity index (χ0n) is 11.9. The van der Waals surface area contributed by atoms with E-state index in [2.05, 4.69) is 20.5 Å².